The molecule has 0 aliphatic heterocycles. The number of rotatable bonds is 3. The fourth-order valence-corrected chi connectivity index (χ4v) is 8.78. The molecule has 3 nitrogen and oxygen atoms in total. The molecule has 1 aromatic carbocycles. The summed E-state index contributed by atoms with van der Waals surface area (Å²) in [6, 6.07) is 19.0. The summed E-state index contributed by atoms with van der Waals surface area (Å²) < 4.78 is 7.96. The number of hydrogen-bond donors (Lipinski definition) is 0. The van der Waals surface area contributed by atoms with E-state index in [4.69, 9.17) is 3.50 Å². The quantitative estimate of drug-likeness (QED) is 0.308. The van der Waals surface area contributed by atoms with Crippen molar-refractivity contribution in [2.24, 2.45) is 21.2 Å². The van der Waals surface area contributed by atoms with Crippen molar-refractivity contribution >= 4 is 4.40 Å². The Morgan fingerprint density at radius 3 is 1.50 bits per heavy atom. The van der Waals surface area contributed by atoms with Crippen LogP contribution in [-0.4, -0.2) is 9.94 Å². The molecule has 0 radical (unpaired) electrons. The third-order valence-electron chi connectivity index (χ3n) is 7.95. The van der Waals surface area contributed by atoms with Crippen LogP contribution >= 0.6 is 0 Å². The van der Waals surface area contributed by atoms with Gasteiger partial charge in [0.05, 0.1) is 0 Å². The standard InChI is InChI=1S/C10H15N.C10H12.2C6H8N.Mo/c11-10-4-7-1-8(5-10)3-9(2-7)6-10;1-10(2,3)9-7-5-4-6-8-9;2*1-5-3-4-6(2)7-5;/h7-9H,1-6H2;1,4-8H,2-3H3;2*3-4H,1-2H3;/q;;2*-1;+2. The van der Waals surface area contributed by atoms with Crippen LogP contribution in [0.5, 0.6) is 0 Å². The molecule has 36 heavy (non-hydrogen) atoms. The minimum atomic E-state index is -0.353. The van der Waals surface area contributed by atoms with Gasteiger partial charge in [-0.15, -0.1) is 0 Å². The van der Waals surface area contributed by atoms with Crippen molar-refractivity contribution in [3.8, 4) is 0 Å². The van der Waals surface area contributed by atoms with Crippen LogP contribution in [0, 0.1) is 45.4 Å². The summed E-state index contributed by atoms with van der Waals surface area (Å²) in [4.78, 5) is 8.22. The maximum absolute atomic E-state index is 5.40. The molecule has 192 valence electrons. The topological polar surface area (TPSA) is 40.6 Å². The van der Waals surface area contributed by atoms with Crippen molar-refractivity contribution in [3.05, 3.63) is 82.9 Å². The first-order valence-electron chi connectivity index (χ1n) is 13.5. The Morgan fingerprint density at radius 1 is 0.722 bits per heavy atom. The predicted octanol–water partition coefficient (Wildman–Crippen LogP) is 7.52. The first-order valence-corrected chi connectivity index (χ1v) is 15.6. The molecule has 4 bridgehead atoms. The average molecular weight is 566 g/mol. The Morgan fingerprint density at radius 2 is 1.14 bits per heavy atom. The van der Waals surface area contributed by atoms with Gasteiger partial charge in [-0.3, -0.25) is 0 Å². The Bertz CT molecular complexity index is 1070. The van der Waals surface area contributed by atoms with Gasteiger partial charge in [0.25, 0.3) is 0 Å². The summed E-state index contributed by atoms with van der Waals surface area (Å²) in [5.74, 6) is 3.05. The second kappa shape index (κ2) is 11.7. The van der Waals surface area contributed by atoms with Gasteiger partial charge in [0.1, 0.15) is 0 Å². The van der Waals surface area contributed by atoms with Gasteiger partial charge in [0.15, 0.2) is 0 Å². The molecule has 2 aromatic heterocycles. The smallest absolute Gasteiger partial charge is 0.0607 e. The summed E-state index contributed by atoms with van der Waals surface area (Å²) in [5, 5.41) is 0. The Hall–Kier alpha value is -1.86. The molecule has 7 rings (SSSR count). The summed E-state index contributed by atoms with van der Waals surface area (Å²) in [6.45, 7) is 12.7. The fourth-order valence-electron chi connectivity index (χ4n) is 6.57. The van der Waals surface area contributed by atoms with Crippen LogP contribution in [0.3, 0.4) is 0 Å². The van der Waals surface area contributed by atoms with Crippen molar-refractivity contribution in [1.82, 2.24) is 9.97 Å². The molecule has 2 heterocycles. The molecule has 4 fully saturated rings. The number of nitrogens with zero attached hydrogens (tertiary/aromatic N) is 3. The molecule has 0 amide bonds. The van der Waals surface area contributed by atoms with Crippen LogP contribution in [0.25, 0.3) is 0 Å². The van der Waals surface area contributed by atoms with Gasteiger partial charge < -0.3 is 9.97 Å². The first-order chi connectivity index (χ1) is 17.1. The van der Waals surface area contributed by atoms with E-state index >= 15 is 0 Å². The van der Waals surface area contributed by atoms with Gasteiger partial charge in [-0.1, -0.05) is 52.0 Å². The average Bonchev–Trinajstić information content (AvgIpc) is 3.39. The molecule has 4 heteroatoms. The fraction of sp³-hybridized carbons (Fsp3) is 0.531. The van der Waals surface area contributed by atoms with E-state index in [0.29, 0.717) is 5.54 Å². The molecule has 4 aliphatic carbocycles. The molecular weight excluding hydrogens is 522 g/mol. The Labute approximate surface area is 226 Å². The van der Waals surface area contributed by atoms with Crippen LogP contribution in [0.2, 0.25) is 0 Å². The van der Waals surface area contributed by atoms with Gasteiger partial charge in [-0.05, 0) is 0 Å². The summed E-state index contributed by atoms with van der Waals surface area (Å²) in [5.41, 5.74) is 6.46. The normalized spacial score (nSPS) is 25.7. The Kier molecular flexibility index (Phi) is 8.82. The van der Waals surface area contributed by atoms with Gasteiger partial charge >= 0.3 is 143 Å². The largest absolute Gasteiger partial charge is 0.665 e. The second-order valence-corrected chi connectivity index (χ2v) is 13.5. The molecule has 3 aromatic rings. The van der Waals surface area contributed by atoms with Crippen LogP contribution < -0.4 is 9.97 Å². The minimum absolute atomic E-state index is 0.176. The van der Waals surface area contributed by atoms with E-state index in [0.717, 1.165) is 40.5 Å². The van der Waals surface area contributed by atoms with Crippen LogP contribution in [0.1, 0.15) is 80.7 Å². The van der Waals surface area contributed by atoms with E-state index in [2.05, 4.69) is 58.5 Å². The second-order valence-electron chi connectivity index (χ2n) is 12.0. The molecule has 0 N–H and O–H groups in total. The molecule has 0 saturated heterocycles. The van der Waals surface area contributed by atoms with E-state index < -0.39 is 0 Å². The van der Waals surface area contributed by atoms with Crippen molar-refractivity contribution in [3.63, 3.8) is 0 Å². The monoisotopic (exact) mass is 567 g/mol. The van der Waals surface area contributed by atoms with E-state index in [-0.39, 0.29) is 23.3 Å². The molecule has 0 atom stereocenters. The van der Waals surface area contributed by atoms with Gasteiger partial charge in [0, 0.05) is 0 Å². The van der Waals surface area contributed by atoms with Gasteiger partial charge in [0.2, 0.25) is 0 Å². The molecule has 4 aliphatic rings. The van der Waals surface area contributed by atoms with Crippen LogP contribution in [0.4, 0.5) is 0 Å². The maximum atomic E-state index is 5.40. The van der Waals surface area contributed by atoms with E-state index in [1.807, 2.05) is 52.0 Å². The predicted molar refractivity (Wildman–Crippen MR) is 147 cm³/mol. The molecule has 0 spiro atoms. The SMILES string of the molecule is CC(C)([CH]=[Mo+2]=[N]C12CC3CC(CC(C3)C1)C2)c1ccccc1.Cc1ccc(C)[n-]1.Cc1ccc(C)[n-]1. The Balaban J connectivity index is 0.000000177. The van der Waals surface area contributed by atoms with Crippen LogP contribution in [-0.2, 0) is 23.3 Å². The van der Waals surface area contributed by atoms with E-state index in [1.54, 1.807) is 0 Å². The number of aromatic nitrogens is 2. The van der Waals surface area contributed by atoms with E-state index in [9.17, 15) is 0 Å². The summed E-state index contributed by atoms with van der Waals surface area (Å²) >= 11 is -0.353. The van der Waals surface area contributed by atoms with Gasteiger partial charge in [-0.2, -0.15) is 22.8 Å². The van der Waals surface area contributed by atoms with Crippen molar-refractivity contribution in [2.45, 2.75) is 91.0 Å². The molecule has 0 unspecified atom stereocenters. The van der Waals surface area contributed by atoms with E-state index in [1.165, 1.54) is 44.1 Å². The van der Waals surface area contributed by atoms with Crippen LogP contribution in [0.15, 0.2) is 58.1 Å². The van der Waals surface area contributed by atoms with Gasteiger partial charge in [-0.25, -0.2) is 0 Å². The third-order valence-corrected chi connectivity index (χ3v) is 10.9. The van der Waals surface area contributed by atoms with Crippen molar-refractivity contribution in [2.75, 3.05) is 0 Å². The molecular formula is C32H43MoN3. The third kappa shape index (κ3) is 7.34. The van der Waals surface area contributed by atoms with Crippen molar-refractivity contribution < 1.29 is 17.9 Å². The number of aryl methyl sites for hydroxylation is 4. The summed E-state index contributed by atoms with van der Waals surface area (Å²) in [6.07, 6.45) is 8.83. The zero-order valence-electron chi connectivity index (χ0n) is 23.0. The maximum Gasteiger partial charge on any atom is -0.0607 e. The molecule has 4 saturated carbocycles. The zero-order valence-corrected chi connectivity index (χ0v) is 25.0. The summed E-state index contributed by atoms with van der Waals surface area (Å²) in [7, 11) is 0. The van der Waals surface area contributed by atoms with Crippen molar-refractivity contribution in [1.29, 1.82) is 0 Å². The zero-order chi connectivity index (χ0) is 25.8. The minimum Gasteiger partial charge on any atom is -0.665 e. The first kappa shape index (κ1) is 27.2. The number of benzene rings is 1. The number of hydrogen-bond acceptors (Lipinski definition) is 1.